The van der Waals surface area contributed by atoms with Crippen LogP contribution >= 0.6 is 0 Å². The molecule has 0 aromatic heterocycles. The number of ether oxygens (including phenoxy) is 1. The van der Waals surface area contributed by atoms with Crippen molar-refractivity contribution in [3.63, 3.8) is 0 Å². The van der Waals surface area contributed by atoms with Gasteiger partial charge < -0.3 is 15.4 Å². The lowest BCUT2D eigenvalue weighted by atomic mass is 10.0. The monoisotopic (exact) mass is 379 g/mol. The number of hydrogen-bond donors (Lipinski definition) is 2. The van der Waals surface area contributed by atoms with E-state index in [2.05, 4.69) is 34.6 Å². The number of anilines is 1. The van der Waals surface area contributed by atoms with Crippen LogP contribution in [-0.2, 0) is 9.53 Å². The first-order valence-corrected chi connectivity index (χ1v) is 9.57. The molecule has 0 saturated heterocycles. The number of nitriles is 1. The van der Waals surface area contributed by atoms with Crippen LogP contribution in [0.1, 0.15) is 50.5 Å². The van der Waals surface area contributed by atoms with Crippen molar-refractivity contribution < 1.29 is 14.3 Å². The smallest absolute Gasteiger partial charge is 0.407 e. The van der Waals surface area contributed by atoms with Gasteiger partial charge in [-0.05, 0) is 62.8 Å². The van der Waals surface area contributed by atoms with E-state index < -0.39 is 6.09 Å². The van der Waals surface area contributed by atoms with Gasteiger partial charge in [0.25, 0.3) is 0 Å². The van der Waals surface area contributed by atoms with Crippen LogP contribution in [0, 0.1) is 23.2 Å². The molecular weight excluding hydrogens is 354 g/mol. The third kappa shape index (κ3) is 8.42. The Morgan fingerprint density at radius 1 is 1.14 bits per heavy atom. The number of nitrogens with zero attached hydrogens (tertiary/aromatic N) is 1. The van der Waals surface area contributed by atoms with Gasteiger partial charge >= 0.3 is 6.09 Å². The van der Waals surface area contributed by atoms with Gasteiger partial charge in [0.15, 0.2) is 6.07 Å². The van der Waals surface area contributed by atoms with Gasteiger partial charge in [0.05, 0.1) is 0 Å². The van der Waals surface area contributed by atoms with E-state index in [0.717, 1.165) is 32.1 Å². The number of benzene rings is 1. The molecule has 0 aliphatic heterocycles. The van der Waals surface area contributed by atoms with Crippen LogP contribution in [0.2, 0.25) is 0 Å². The third-order valence-corrected chi connectivity index (χ3v) is 4.27. The highest BCUT2D eigenvalue weighted by molar-refractivity contribution is 5.90. The zero-order valence-corrected chi connectivity index (χ0v) is 15.9. The molecule has 146 valence electrons. The Hall–Kier alpha value is -3.25. The van der Waals surface area contributed by atoms with Crippen LogP contribution in [0.5, 0.6) is 0 Å². The molecule has 0 spiro atoms. The van der Waals surface area contributed by atoms with E-state index >= 15 is 0 Å². The minimum absolute atomic E-state index is 0.0333. The molecule has 0 unspecified atom stereocenters. The van der Waals surface area contributed by atoms with Crippen molar-refractivity contribution in [2.75, 3.05) is 11.9 Å². The van der Waals surface area contributed by atoms with Crippen molar-refractivity contribution in [1.82, 2.24) is 5.32 Å². The second kappa shape index (κ2) is 12.2. The van der Waals surface area contributed by atoms with Crippen LogP contribution in [-0.4, -0.2) is 24.6 Å². The highest BCUT2D eigenvalue weighted by atomic mass is 16.6. The summed E-state index contributed by atoms with van der Waals surface area (Å²) < 4.78 is 5.45. The molecule has 1 aliphatic carbocycles. The van der Waals surface area contributed by atoms with E-state index in [-0.39, 0.29) is 12.0 Å². The molecule has 0 saturated carbocycles. The molecule has 1 atom stereocenters. The predicted octanol–water partition coefficient (Wildman–Crippen LogP) is 3.90. The average molecular weight is 379 g/mol. The molecule has 1 aromatic rings. The Morgan fingerprint density at radius 2 is 1.93 bits per heavy atom. The lowest BCUT2D eigenvalue weighted by Gasteiger charge is -2.18. The second-order valence-electron chi connectivity index (χ2n) is 6.52. The first kappa shape index (κ1) is 21.1. The molecule has 0 fully saturated rings. The normalized spacial score (nSPS) is 16.9. The van der Waals surface area contributed by atoms with Gasteiger partial charge in [-0.2, -0.15) is 5.26 Å². The zero-order valence-electron chi connectivity index (χ0n) is 15.9. The maximum Gasteiger partial charge on any atom is 0.407 e. The van der Waals surface area contributed by atoms with Gasteiger partial charge in [-0.1, -0.05) is 18.1 Å². The molecule has 28 heavy (non-hydrogen) atoms. The molecule has 6 nitrogen and oxygen atoms in total. The molecule has 0 radical (unpaired) electrons. The van der Waals surface area contributed by atoms with Crippen LogP contribution < -0.4 is 10.6 Å². The largest absolute Gasteiger partial charge is 0.446 e. The molecule has 1 aliphatic rings. The van der Waals surface area contributed by atoms with Crippen LogP contribution in [0.25, 0.3) is 0 Å². The highest BCUT2D eigenvalue weighted by Gasteiger charge is 2.14. The summed E-state index contributed by atoms with van der Waals surface area (Å²) in [6.45, 7) is 0.390. The summed E-state index contributed by atoms with van der Waals surface area (Å²) >= 11 is 0. The number of hydrogen-bond acceptors (Lipinski definition) is 4. The van der Waals surface area contributed by atoms with Crippen LogP contribution in [0.3, 0.4) is 0 Å². The van der Waals surface area contributed by atoms with Gasteiger partial charge in [0, 0.05) is 30.1 Å². The minimum atomic E-state index is -0.413. The summed E-state index contributed by atoms with van der Waals surface area (Å²) in [7, 11) is 0. The van der Waals surface area contributed by atoms with E-state index in [1.165, 1.54) is 0 Å². The molecule has 0 heterocycles. The maximum absolute atomic E-state index is 12.0. The van der Waals surface area contributed by atoms with Crippen molar-refractivity contribution in [1.29, 1.82) is 5.26 Å². The Balaban J connectivity index is 1.62. The quantitative estimate of drug-likeness (QED) is 0.445. The molecule has 2 amide bonds. The van der Waals surface area contributed by atoms with Crippen LogP contribution in [0.4, 0.5) is 10.5 Å². The molecule has 2 N–H and O–H groups in total. The third-order valence-electron chi connectivity index (χ3n) is 4.27. The Kier molecular flexibility index (Phi) is 9.17. The first-order chi connectivity index (χ1) is 13.7. The number of rotatable bonds is 6. The van der Waals surface area contributed by atoms with E-state index in [1.54, 1.807) is 30.3 Å². The number of carbonyl (C=O) groups excluding carboxylic acids is 2. The molecule has 0 bridgehead atoms. The SMILES string of the molecule is N#CC#Cc1ccc(NC(=O)CCCNC(=O)O[C@@H]2CC/C=C/CCC2)cc1. The summed E-state index contributed by atoms with van der Waals surface area (Å²) in [5.74, 6) is 4.88. The lowest BCUT2D eigenvalue weighted by molar-refractivity contribution is -0.116. The Labute approximate surface area is 166 Å². The standard InChI is InChI=1S/C22H25N3O3/c23-16-6-8-18-12-14-19(15-13-18)25-21(26)11-7-17-24-22(27)28-20-9-4-2-1-3-5-10-20/h1-2,12-15,20H,3-5,7,9-11,17H2,(H,24,27)(H,25,26)/b2-1+/t20-/m1/s1. The van der Waals surface area contributed by atoms with E-state index in [9.17, 15) is 9.59 Å². The average Bonchev–Trinajstić information content (AvgIpc) is 2.67. The lowest BCUT2D eigenvalue weighted by Crippen LogP contribution is -2.30. The predicted molar refractivity (Wildman–Crippen MR) is 107 cm³/mol. The fourth-order valence-electron chi connectivity index (χ4n) is 2.84. The first-order valence-electron chi connectivity index (χ1n) is 9.57. The minimum Gasteiger partial charge on any atom is -0.446 e. The Bertz CT molecular complexity index is 782. The van der Waals surface area contributed by atoms with Gasteiger partial charge in [0.1, 0.15) is 6.10 Å². The van der Waals surface area contributed by atoms with Crippen molar-refractivity contribution in [2.24, 2.45) is 0 Å². The fourth-order valence-corrected chi connectivity index (χ4v) is 2.84. The molecule has 1 aromatic carbocycles. The zero-order chi connectivity index (χ0) is 20.0. The highest BCUT2D eigenvalue weighted by Crippen LogP contribution is 2.15. The van der Waals surface area contributed by atoms with Crippen molar-refractivity contribution in [3.05, 3.63) is 42.0 Å². The van der Waals surface area contributed by atoms with Crippen molar-refractivity contribution >= 4 is 17.7 Å². The maximum atomic E-state index is 12.0. The number of allylic oxidation sites excluding steroid dienone is 2. The van der Waals surface area contributed by atoms with Gasteiger partial charge in [-0.15, -0.1) is 0 Å². The molecule has 6 heteroatoms. The summed E-state index contributed by atoms with van der Waals surface area (Å²) in [6.07, 6.45) is 9.44. The summed E-state index contributed by atoms with van der Waals surface area (Å²) in [6, 6.07) is 8.70. The summed E-state index contributed by atoms with van der Waals surface area (Å²) in [5.41, 5.74) is 1.38. The molecular formula is C22H25N3O3. The van der Waals surface area contributed by atoms with Gasteiger partial charge in [0.2, 0.25) is 5.91 Å². The summed E-state index contributed by atoms with van der Waals surface area (Å²) in [5, 5.41) is 13.9. The van der Waals surface area contributed by atoms with Crippen molar-refractivity contribution in [2.45, 2.75) is 51.0 Å². The van der Waals surface area contributed by atoms with Gasteiger partial charge in [-0.25, -0.2) is 4.79 Å². The van der Waals surface area contributed by atoms with E-state index in [1.807, 2.05) is 0 Å². The fraction of sp³-hybridized carbons (Fsp3) is 0.409. The van der Waals surface area contributed by atoms with Crippen LogP contribution in [0.15, 0.2) is 36.4 Å². The van der Waals surface area contributed by atoms with E-state index in [0.29, 0.717) is 30.6 Å². The topological polar surface area (TPSA) is 91.2 Å². The number of carbonyl (C=O) groups is 2. The van der Waals surface area contributed by atoms with Gasteiger partial charge in [-0.3, -0.25) is 4.79 Å². The number of alkyl carbamates (subject to hydrolysis) is 1. The number of amides is 2. The Morgan fingerprint density at radius 3 is 2.71 bits per heavy atom. The molecule has 2 rings (SSSR count). The number of nitrogens with one attached hydrogen (secondary N) is 2. The van der Waals surface area contributed by atoms with Crippen molar-refractivity contribution in [3.8, 4) is 17.9 Å². The van der Waals surface area contributed by atoms with E-state index in [4.69, 9.17) is 10.00 Å². The summed E-state index contributed by atoms with van der Waals surface area (Å²) in [4.78, 5) is 23.8. The second-order valence-corrected chi connectivity index (χ2v) is 6.52.